The quantitative estimate of drug-likeness (QED) is 0.680. The van der Waals surface area contributed by atoms with Gasteiger partial charge in [0.1, 0.15) is 5.60 Å². The van der Waals surface area contributed by atoms with Crippen LogP contribution in [0.1, 0.15) is 53.9 Å². The van der Waals surface area contributed by atoms with E-state index in [1.807, 2.05) is 0 Å². The molecule has 0 aromatic carbocycles. The van der Waals surface area contributed by atoms with E-state index < -0.39 is 0 Å². The van der Waals surface area contributed by atoms with Crippen molar-refractivity contribution in [2.75, 3.05) is 0 Å². The highest BCUT2D eigenvalue weighted by Gasteiger charge is 2.69. The SMILES string of the molecule is CC[C@]12OC(C)(C)O[C@H]1C[C@H]1C[C@@H]2C1(C)C. The molecule has 1 heterocycles. The van der Waals surface area contributed by atoms with Crippen molar-refractivity contribution in [3.05, 3.63) is 0 Å². The van der Waals surface area contributed by atoms with E-state index in [0.717, 1.165) is 12.3 Å². The van der Waals surface area contributed by atoms with Gasteiger partial charge in [-0.3, -0.25) is 0 Å². The standard InChI is InChI=1S/C14H24O2/c1-6-14-10-7-9(12(10,2)3)8-11(14)15-13(4,5)16-14/h9-11H,6-8H2,1-5H3/t9-,10-,11+,14-/m1/s1. The first-order chi connectivity index (χ1) is 7.32. The van der Waals surface area contributed by atoms with Gasteiger partial charge in [-0.05, 0) is 50.4 Å². The first kappa shape index (κ1) is 11.0. The highest BCUT2D eigenvalue weighted by molar-refractivity contribution is 5.17. The molecule has 4 rings (SSSR count). The van der Waals surface area contributed by atoms with Crippen molar-refractivity contribution in [2.45, 2.75) is 71.4 Å². The molecule has 4 fully saturated rings. The molecule has 2 bridgehead atoms. The van der Waals surface area contributed by atoms with Crippen LogP contribution in [0.2, 0.25) is 0 Å². The van der Waals surface area contributed by atoms with Gasteiger partial charge in [-0.15, -0.1) is 0 Å². The summed E-state index contributed by atoms with van der Waals surface area (Å²) in [4.78, 5) is 0. The highest BCUT2D eigenvalue weighted by atomic mass is 16.8. The van der Waals surface area contributed by atoms with Gasteiger partial charge in [0.05, 0.1) is 6.10 Å². The molecule has 0 spiro atoms. The van der Waals surface area contributed by atoms with Gasteiger partial charge in [0.25, 0.3) is 0 Å². The minimum absolute atomic E-state index is 0.00174. The van der Waals surface area contributed by atoms with Crippen molar-refractivity contribution < 1.29 is 9.47 Å². The molecule has 0 aromatic heterocycles. The van der Waals surface area contributed by atoms with E-state index in [1.165, 1.54) is 12.8 Å². The summed E-state index contributed by atoms with van der Waals surface area (Å²) >= 11 is 0. The van der Waals surface area contributed by atoms with Gasteiger partial charge < -0.3 is 9.47 Å². The summed E-state index contributed by atoms with van der Waals surface area (Å²) in [5.41, 5.74) is 0.456. The molecule has 92 valence electrons. The molecule has 1 saturated heterocycles. The molecule has 1 aliphatic heterocycles. The fraction of sp³-hybridized carbons (Fsp3) is 1.00. The topological polar surface area (TPSA) is 18.5 Å². The smallest absolute Gasteiger partial charge is 0.164 e. The molecular formula is C14H24O2. The van der Waals surface area contributed by atoms with E-state index in [4.69, 9.17) is 9.47 Å². The molecule has 2 nitrogen and oxygen atoms in total. The highest BCUT2D eigenvalue weighted by Crippen LogP contribution is 2.67. The third-order valence-electron chi connectivity index (χ3n) is 5.52. The minimum atomic E-state index is -0.381. The maximum Gasteiger partial charge on any atom is 0.164 e. The van der Waals surface area contributed by atoms with E-state index in [0.29, 0.717) is 17.4 Å². The van der Waals surface area contributed by atoms with Crippen LogP contribution in [0.4, 0.5) is 0 Å². The minimum Gasteiger partial charge on any atom is -0.344 e. The molecule has 0 N–H and O–H groups in total. The zero-order valence-electron chi connectivity index (χ0n) is 11.2. The molecule has 2 heteroatoms. The summed E-state index contributed by atoms with van der Waals surface area (Å²) in [6.45, 7) is 11.2. The van der Waals surface area contributed by atoms with Gasteiger partial charge >= 0.3 is 0 Å². The second-order valence-corrected chi connectivity index (χ2v) is 6.96. The zero-order chi connectivity index (χ0) is 11.8. The zero-order valence-corrected chi connectivity index (χ0v) is 11.2. The van der Waals surface area contributed by atoms with Crippen LogP contribution in [0.5, 0.6) is 0 Å². The van der Waals surface area contributed by atoms with E-state index in [-0.39, 0.29) is 11.4 Å². The van der Waals surface area contributed by atoms with Crippen molar-refractivity contribution in [3.63, 3.8) is 0 Å². The summed E-state index contributed by atoms with van der Waals surface area (Å²) in [6.07, 6.45) is 3.96. The number of ether oxygens (including phenoxy) is 2. The molecule has 4 atom stereocenters. The first-order valence-electron chi connectivity index (χ1n) is 6.70. The van der Waals surface area contributed by atoms with Gasteiger partial charge in [0.2, 0.25) is 0 Å². The Balaban J connectivity index is 1.98. The Bertz CT molecular complexity index is 321. The molecule has 0 unspecified atom stereocenters. The Hall–Kier alpha value is -0.0800. The summed E-state index contributed by atoms with van der Waals surface area (Å²) in [6, 6.07) is 0. The van der Waals surface area contributed by atoms with E-state index in [9.17, 15) is 0 Å². The van der Waals surface area contributed by atoms with Gasteiger partial charge in [-0.25, -0.2) is 0 Å². The molecule has 0 amide bonds. The second kappa shape index (κ2) is 2.84. The van der Waals surface area contributed by atoms with Crippen molar-refractivity contribution in [1.29, 1.82) is 0 Å². The fourth-order valence-corrected chi connectivity index (χ4v) is 4.58. The van der Waals surface area contributed by atoms with Gasteiger partial charge in [0.15, 0.2) is 5.79 Å². The Morgan fingerprint density at radius 3 is 2.38 bits per heavy atom. The van der Waals surface area contributed by atoms with E-state index >= 15 is 0 Å². The number of rotatable bonds is 1. The number of hydrogen-bond donors (Lipinski definition) is 0. The summed E-state index contributed by atoms with van der Waals surface area (Å²) in [5.74, 6) is 1.16. The molecule has 4 aliphatic rings. The van der Waals surface area contributed by atoms with Crippen molar-refractivity contribution in [1.82, 2.24) is 0 Å². The van der Waals surface area contributed by atoms with Crippen LogP contribution in [-0.2, 0) is 9.47 Å². The lowest BCUT2D eigenvalue weighted by molar-refractivity contribution is -0.230. The molecule has 16 heavy (non-hydrogen) atoms. The lowest BCUT2D eigenvalue weighted by Gasteiger charge is -2.64. The van der Waals surface area contributed by atoms with Crippen LogP contribution in [0.15, 0.2) is 0 Å². The first-order valence-corrected chi connectivity index (χ1v) is 6.70. The lowest BCUT2D eigenvalue weighted by atomic mass is 9.43. The summed E-state index contributed by atoms with van der Waals surface area (Å²) < 4.78 is 12.5. The maximum atomic E-state index is 6.35. The maximum absolute atomic E-state index is 6.35. The van der Waals surface area contributed by atoms with E-state index in [1.54, 1.807) is 0 Å². The summed E-state index contributed by atoms with van der Waals surface area (Å²) in [5, 5.41) is 0. The Morgan fingerprint density at radius 1 is 1.12 bits per heavy atom. The predicted octanol–water partition coefficient (Wildman–Crippen LogP) is 3.35. The molecule has 3 saturated carbocycles. The number of hydrogen-bond acceptors (Lipinski definition) is 2. The van der Waals surface area contributed by atoms with Crippen molar-refractivity contribution >= 4 is 0 Å². The Kier molecular flexibility index (Phi) is 1.96. The third kappa shape index (κ3) is 1.10. The Morgan fingerprint density at radius 2 is 1.81 bits per heavy atom. The van der Waals surface area contributed by atoms with Crippen LogP contribution in [0.3, 0.4) is 0 Å². The van der Waals surface area contributed by atoms with Crippen LogP contribution in [0.25, 0.3) is 0 Å². The van der Waals surface area contributed by atoms with Gasteiger partial charge in [-0.1, -0.05) is 20.8 Å². The largest absolute Gasteiger partial charge is 0.344 e. The average Bonchev–Trinajstić information content (AvgIpc) is 2.47. The van der Waals surface area contributed by atoms with Crippen LogP contribution in [-0.4, -0.2) is 17.5 Å². The average molecular weight is 224 g/mol. The van der Waals surface area contributed by atoms with Crippen LogP contribution < -0.4 is 0 Å². The second-order valence-electron chi connectivity index (χ2n) is 6.96. The van der Waals surface area contributed by atoms with Gasteiger partial charge in [-0.2, -0.15) is 0 Å². The van der Waals surface area contributed by atoms with Crippen molar-refractivity contribution in [3.8, 4) is 0 Å². The molecule has 3 aliphatic carbocycles. The lowest BCUT2D eigenvalue weighted by Crippen LogP contribution is -2.66. The predicted molar refractivity (Wildman–Crippen MR) is 63.1 cm³/mol. The van der Waals surface area contributed by atoms with Crippen LogP contribution in [0, 0.1) is 17.3 Å². The fourth-order valence-electron chi connectivity index (χ4n) is 4.58. The van der Waals surface area contributed by atoms with E-state index in [2.05, 4.69) is 34.6 Å². The monoisotopic (exact) mass is 224 g/mol. The molecular weight excluding hydrogens is 200 g/mol. The Labute approximate surface area is 98.7 Å². The summed E-state index contributed by atoms with van der Waals surface area (Å²) in [7, 11) is 0. The van der Waals surface area contributed by atoms with Crippen LogP contribution >= 0.6 is 0 Å². The third-order valence-corrected chi connectivity index (χ3v) is 5.52. The van der Waals surface area contributed by atoms with Gasteiger partial charge in [0, 0.05) is 0 Å². The van der Waals surface area contributed by atoms with Crippen molar-refractivity contribution in [2.24, 2.45) is 17.3 Å². The normalized spacial score (nSPS) is 51.9. The molecule has 0 radical (unpaired) electrons. The molecule has 0 aromatic rings.